The van der Waals surface area contributed by atoms with Gasteiger partial charge in [0.2, 0.25) is 5.91 Å². The molecular weight excluding hydrogens is 306 g/mol. The van der Waals surface area contributed by atoms with E-state index in [4.69, 9.17) is 10.00 Å². The summed E-state index contributed by atoms with van der Waals surface area (Å²) in [5.74, 6) is -0.774. The van der Waals surface area contributed by atoms with E-state index >= 15 is 0 Å². The van der Waals surface area contributed by atoms with E-state index < -0.39 is 11.4 Å². The zero-order valence-corrected chi connectivity index (χ0v) is 14.2. The fourth-order valence-electron chi connectivity index (χ4n) is 2.12. The van der Waals surface area contributed by atoms with Crippen LogP contribution in [-0.2, 0) is 19.7 Å². The lowest BCUT2D eigenvalue weighted by atomic mass is 9.86. The van der Waals surface area contributed by atoms with Crippen LogP contribution < -0.4 is 4.90 Å². The van der Waals surface area contributed by atoms with Gasteiger partial charge >= 0.3 is 5.97 Å². The Labute approximate surface area is 142 Å². The zero-order chi connectivity index (χ0) is 18.2. The number of carbonyl (C=O) groups is 2. The van der Waals surface area contributed by atoms with Gasteiger partial charge in [0, 0.05) is 12.2 Å². The van der Waals surface area contributed by atoms with Crippen molar-refractivity contribution in [3.05, 3.63) is 29.8 Å². The number of anilines is 1. The molecule has 0 aromatic heterocycles. The molecule has 0 N–H and O–H groups in total. The van der Waals surface area contributed by atoms with Crippen LogP contribution in [0.3, 0.4) is 0 Å². The van der Waals surface area contributed by atoms with Crippen LogP contribution in [0.1, 0.15) is 39.2 Å². The average Bonchev–Trinajstić information content (AvgIpc) is 2.56. The summed E-state index contributed by atoms with van der Waals surface area (Å²) in [7, 11) is 0. The minimum Gasteiger partial charge on any atom is -0.466 e. The van der Waals surface area contributed by atoms with E-state index in [1.54, 1.807) is 45.0 Å². The summed E-state index contributed by atoms with van der Waals surface area (Å²) in [5.41, 5.74) is 0.772. The lowest BCUT2D eigenvalue weighted by molar-refractivity contribution is -0.142. The van der Waals surface area contributed by atoms with Gasteiger partial charge in [-0.25, -0.2) is 0 Å². The van der Waals surface area contributed by atoms with Gasteiger partial charge in [0.1, 0.15) is 6.42 Å². The van der Waals surface area contributed by atoms with E-state index in [0.717, 1.165) is 5.56 Å². The van der Waals surface area contributed by atoms with Gasteiger partial charge in [-0.3, -0.25) is 9.59 Å². The molecule has 6 nitrogen and oxygen atoms in total. The Morgan fingerprint density at radius 2 is 1.83 bits per heavy atom. The molecule has 0 bridgehead atoms. The summed E-state index contributed by atoms with van der Waals surface area (Å²) in [4.78, 5) is 25.1. The molecule has 0 aliphatic rings. The standard InChI is InChI=1S/C18H21N3O3/c1-4-24-17(23)10-12-21(16(22)9-11-19)15-7-5-14(6-8-15)18(2,3)13-20/h5-8H,4,9-10,12H2,1-3H3. The van der Waals surface area contributed by atoms with Crippen LogP contribution >= 0.6 is 0 Å². The quantitative estimate of drug-likeness (QED) is 0.718. The SMILES string of the molecule is CCOC(=O)CCN(C(=O)CC#N)c1ccc(C(C)(C)C#N)cc1. The molecule has 24 heavy (non-hydrogen) atoms. The molecule has 0 aliphatic carbocycles. The highest BCUT2D eigenvalue weighted by atomic mass is 16.5. The maximum atomic E-state index is 12.2. The second-order valence-corrected chi connectivity index (χ2v) is 5.72. The molecular formula is C18H21N3O3. The first-order valence-corrected chi connectivity index (χ1v) is 7.70. The van der Waals surface area contributed by atoms with E-state index in [9.17, 15) is 14.9 Å². The maximum absolute atomic E-state index is 12.2. The Morgan fingerprint density at radius 3 is 2.33 bits per heavy atom. The Hall–Kier alpha value is -2.86. The number of carbonyl (C=O) groups excluding carboxylic acids is 2. The first-order chi connectivity index (χ1) is 11.4. The number of rotatable bonds is 7. The lowest BCUT2D eigenvalue weighted by Gasteiger charge is -2.23. The Morgan fingerprint density at radius 1 is 1.21 bits per heavy atom. The highest BCUT2D eigenvalue weighted by Crippen LogP contribution is 2.25. The fraction of sp³-hybridized carbons (Fsp3) is 0.444. The Bertz CT molecular complexity index is 666. The van der Waals surface area contributed by atoms with E-state index in [1.165, 1.54) is 4.90 Å². The molecule has 0 spiro atoms. The van der Waals surface area contributed by atoms with Crippen molar-refractivity contribution in [1.82, 2.24) is 0 Å². The number of hydrogen-bond donors (Lipinski definition) is 0. The first-order valence-electron chi connectivity index (χ1n) is 7.70. The molecule has 0 aliphatic heterocycles. The smallest absolute Gasteiger partial charge is 0.307 e. The summed E-state index contributed by atoms with van der Waals surface area (Å²) in [6.45, 7) is 5.75. The third-order valence-corrected chi connectivity index (χ3v) is 3.56. The number of ether oxygens (including phenoxy) is 1. The van der Waals surface area contributed by atoms with Crippen LogP contribution in [0.25, 0.3) is 0 Å². The van der Waals surface area contributed by atoms with Gasteiger partial charge in [-0.15, -0.1) is 0 Å². The van der Waals surface area contributed by atoms with Gasteiger partial charge in [0.15, 0.2) is 0 Å². The van der Waals surface area contributed by atoms with Crippen LogP contribution in [0.5, 0.6) is 0 Å². The van der Waals surface area contributed by atoms with Crippen molar-refractivity contribution in [2.45, 2.75) is 39.0 Å². The van der Waals surface area contributed by atoms with Gasteiger partial charge < -0.3 is 9.64 Å². The van der Waals surface area contributed by atoms with Crippen molar-refractivity contribution in [2.24, 2.45) is 0 Å². The van der Waals surface area contributed by atoms with Gasteiger partial charge in [0.05, 0.1) is 30.6 Å². The van der Waals surface area contributed by atoms with Gasteiger partial charge in [-0.05, 0) is 38.5 Å². The van der Waals surface area contributed by atoms with Crippen molar-refractivity contribution in [2.75, 3.05) is 18.1 Å². The van der Waals surface area contributed by atoms with E-state index in [0.29, 0.717) is 5.69 Å². The van der Waals surface area contributed by atoms with Gasteiger partial charge in [-0.2, -0.15) is 10.5 Å². The summed E-state index contributed by atoms with van der Waals surface area (Å²) in [6, 6.07) is 11.0. The van der Waals surface area contributed by atoms with Crippen LogP contribution in [0.2, 0.25) is 0 Å². The molecule has 1 aromatic carbocycles. The van der Waals surface area contributed by atoms with E-state index in [2.05, 4.69) is 6.07 Å². The molecule has 1 aromatic rings. The first kappa shape index (κ1) is 19.2. The number of esters is 1. The molecule has 0 radical (unpaired) electrons. The van der Waals surface area contributed by atoms with Gasteiger partial charge in [0.25, 0.3) is 0 Å². The molecule has 0 fully saturated rings. The second-order valence-electron chi connectivity index (χ2n) is 5.72. The summed E-state index contributed by atoms with van der Waals surface area (Å²) >= 11 is 0. The normalized spacial score (nSPS) is 10.4. The number of benzene rings is 1. The molecule has 126 valence electrons. The second kappa shape index (κ2) is 8.69. The summed E-state index contributed by atoms with van der Waals surface area (Å²) in [6.07, 6.45) is -0.218. The number of hydrogen-bond acceptors (Lipinski definition) is 5. The molecule has 0 saturated heterocycles. The van der Waals surface area contributed by atoms with Crippen molar-refractivity contribution in [1.29, 1.82) is 10.5 Å². The topological polar surface area (TPSA) is 94.2 Å². The molecule has 1 rings (SSSR count). The molecule has 0 saturated carbocycles. The largest absolute Gasteiger partial charge is 0.466 e. The lowest BCUT2D eigenvalue weighted by Crippen LogP contribution is -2.33. The number of nitriles is 2. The van der Waals surface area contributed by atoms with Crippen LogP contribution in [0, 0.1) is 22.7 Å². The maximum Gasteiger partial charge on any atom is 0.307 e. The minimum absolute atomic E-state index is 0.0520. The van der Waals surface area contributed by atoms with Crippen LogP contribution in [0.15, 0.2) is 24.3 Å². The Kier molecular flexibility index (Phi) is 6.95. The van der Waals surface area contributed by atoms with Crippen molar-refractivity contribution in [3.63, 3.8) is 0 Å². The summed E-state index contributed by atoms with van der Waals surface area (Å²) < 4.78 is 4.87. The molecule has 0 atom stereocenters. The van der Waals surface area contributed by atoms with E-state index in [-0.39, 0.29) is 31.9 Å². The average molecular weight is 327 g/mol. The fourth-order valence-corrected chi connectivity index (χ4v) is 2.12. The van der Waals surface area contributed by atoms with Crippen LogP contribution in [0.4, 0.5) is 5.69 Å². The molecule has 1 amide bonds. The van der Waals surface area contributed by atoms with Gasteiger partial charge in [-0.1, -0.05) is 12.1 Å². The highest BCUT2D eigenvalue weighted by molar-refractivity contribution is 5.95. The third kappa shape index (κ3) is 5.10. The van der Waals surface area contributed by atoms with Crippen molar-refractivity contribution < 1.29 is 14.3 Å². The Balaban J connectivity index is 2.99. The van der Waals surface area contributed by atoms with Crippen LogP contribution in [-0.4, -0.2) is 25.0 Å². The zero-order valence-electron chi connectivity index (χ0n) is 14.2. The predicted octanol–water partition coefficient (Wildman–Crippen LogP) is 2.69. The monoisotopic (exact) mass is 327 g/mol. The number of amides is 1. The number of nitrogens with zero attached hydrogens (tertiary/aromatic N) is 3. The molecule has 6 heteroatoms. The third-order valence-electron chi connectivity index (χ3n) is 3.56. The minimum atomic E-state index is -0.634. The van der Waals surface area contributed by atoms with Crippen molar-refractivity contribution in [3.8, 4) is 12.1 Å². The summed E-state index contributed by atoms with van der Waals surface area (Å²) in [5, 5.41) is 17.9. The highest BCUT2D eigenvalue weighted by Gasteiger charge is 2.21. The molecule has 0 heterocycles. The molecule has 0 unspecified atom stereocenters. The van der Waals surface area contributed by atoms with E-state index in [1.807, 2.05) is 6.07 Å². The predicted molar refractivity (Wildman–Crippen MR) is 88.9 cm³/mol. The van der Waals surface area contributed by atoms with Crippen molar-refractivity contribution >= 4 is 17.6 Å².